The summed E-state index contributed by atoms with van der Waals surface area (Å²) in [5.41, 5.74) is 3.85. The number of ketones is 1. The number of Topliss-reactive ketones (excluding diaryl/α,β-unsaturated/α-hetero) is 1. The molecule has 2 aromatic rings. The molecule has 0 radical (unpaired) electrons. The number of hydrogen-bond acceptors (Lipinski definition) is 4. The number of esters is 1. The zero-order valence-corrected chi connectivity index (χ0v) is 17.5. The second-order valence-corrected chi connectivity index (χ2v) is 7.94. The van der Waals surface area contributed by atoms with Crippen LogP contribution in [0.1, 0.15) is 56.4 Å². The number of benzene rings is 2. The lowest BCUT2D eigenvalue weighted by Gasteiger charge is -2.45. The van der Waals surface area contributed by atoms with Crippen molar-refractivity contribution in [2.75, 3.05) is 0 Å². The van der Waals surface area contributed by atoms with Crippen LogP contribution in [-0.2, 0) is 14.3 Å². The number of allylic oxidation sites excluding steroid dienone is 3. The molecule has 4 rings (SSSR count). The maximum atomic E-state index is 12.6. The molecule has 0 unspecified atom stereocenters. The van der Waals surface area contributed by atoms with Crippen molar-refractivity contribution in [2.24, 2.45) is 0 Å². The fourth-order valence-corrected chi connectivity index (χ4v) is 4.57. The van der Waals surface area contributed by atoms with Gasteiger partial charge in [-0.1, -0.05) is 72.8 Å². The molecule has 0 spiro atoms. The van der Waals surface area contributed by atoms with Crippen molar-refractivity contribution in [2.45, 2.75) is 51.3 Å². The summed E-state index contributed by atoms with van der Waals surface area (Å²) in [6.45, 7) is 3.58. The zero-order chi connectivity index (χ0) is 21.1. The first-order valence-electron chi connectivity index (χ1n) is 10.6. The smallest absolute Gasteiger partial charge is 0.303 e. The van der Waals surface area contributed by atoms with E-state index in [-0.39, 0.29) is 23.8 Å². The summed E-state index contributed by atoms with van der Waals surface area (Å²) >= 11 is 0. The second-order valence-electron chi connectivity index (χ2n) is 7.94. The first kappa shape index (κ1) is 20.1. The average molecular weight is 402 g/mol. The van der Waals surface area contributed by atoms with Crippen LogP contribution in [0.2, 0.25) is 0 Å². The Morgan fingerprint density at radius 2 is 1.63 bits per heavy atom. The Labute approximate surface area is 177 Å². The summed E-state index contributed by atoms with van der Waals surface area (Å²) in [7, 11) is 0. The third-order valence-electron chi connectivity index (χ3n) is 5.87. The molecule has 4 heteroatoms. The molecule has 3 atom stereocenters. The maximum Gasteiger partial charge on any atom is 0.303 e. The molecular weight excluding hydrogens is 374 g/mol. The summed E-state index contributed by atoms with van der Waals surface area (Å²) in [4.78, 5) is 27.1. The highest BCUT2D eigenvalue weighted by Crippen LogP contribution is 2.44. The molecule has 0 saturated carbocycles. The van der Waals surface area contributed by atoms with Crippen LogP contribution in [-0.4, -0.2) is 22.7 Å². The fourth-order valence-electron chi connectivity index (χ4n) is 4.57. The van der Waals surface area contributed by atoms with Crippen LogP contribution in [0.25, 0.3) is 0 Å². The van der Waals surface area contributed by atoms with Crippen molar-refractivity contribution >= 4 is 11.8 Å². The zero-order valence-electron chi connectivity index (χ0n) is 17.5. The van der Waals surface area contributed by atoms with Gasteiger partial charge in [-0.3, -0.25) is 9.59 Å². The van der Waals surface area contributed by atoms with E-state index in [1.807, 2.05) is 54.6 Å². The van der Waals surface area contributed by atoms with E-state index < -0.39 is 6.10 Å². The first-order chi connectivity index (χ1) is 14.6. The molecule has 154 valence electrons. The van der Waals surface area contributed by atoms with Gasteiger partial charge in [0.1, 0.15) is 0 Å². The topological polar surface area (TPSA) is 46.6 Å². The van der Waals surface area contributed by atoms with Gasteiger partial charge in [0.05, 0.1) is 6.04 Å². The van der Waals surface area contributed by atoms with Crippen LogP contribution < -0.4 is 0 Å². The second kappa shape index (κ2) is 8.70. The summed E-state index contributed by atoms with van der Waals surface area (Å²) < 4.78 is 5.95. The molecule has 0 fully saturated rings. The first-order valence-corrected chi connectivity index (χ1v) is 10.6. The lowest BCUT2D eigenvalue weighted by molar-refractivity contribution is -0.151. The van der Waals surface area contributed by atoms with E-state index in [1.165, 1.54) is 6.92 Å². The van der Waals surface area contributed by atoms with Crippen molar-refractivity contribution in [1.82, 2.24) is 4.90 Å². The van der Waals surface area contributed by atoms with Crippen molar-refractivity contribution < 1.29 is 14.3 Å². The van der Waals surface area contributed by atoms with Gasteiger partial charge in [-0.05, 0) is 30.9 Å². The summed E-state index contributed by atoms with van der Waals surface area (Å²) in [6.07, 6.45) is 5.84. The normalized spacial score (nSPS) is 20.5. The molecule has 2 aliphatic rings. The van der Waals surface area contributed by atoms with Crippen LogP contribution in [0.3, 0.4) is 0 Å². The minimum atomic E-state index is -0.495. The number of hydrogen-bond donors (Lipinski definition) is 0. The average Bonchev–Trinajstić information content (AvgIpc) is 2.76. The standard InChI is InChI=1S/C26H27NO3/c1-18-16-17-22-23(14-9-15-24(22)29)27(18)25(20-10-5-3-6-11-20)26(30-19(2)28)21-12-7-4-8-13-21/h3-8,10-13,16-18,25-26H,9,14-15H2,1-2H3/t18-,25-,26+/m0/s1. The van der Waals surface area contributed by atoms with E-state index in [9.17, 15) is 9.59 Å². The van der Waals surface area contributed by atoms with Gasteiger partial charge in [-0.15, -0.1) is 0 Å². The molecule has 0 amide bonds. The number of carbonyl (C=O) groups is 2. The van der Waals surface area contributed by atoms with Gasteiger partial charge >= 0.3 is 5.97 Å². The highest BCUT2D eigenvalue weighted by molar-refractivity contribution is 5.99. The Morgan fingerprint density at radius 1 is 1.00 bits per heavy atom. The van der Waals surface area contributed by atoms with Gasteiger partial charge < -0.3 is 9.64 Å². The Morgan fingerprint density at radius 3 is 2.27 bits per heavy atom. The summed E-state index contributed by atoms with van der Waals surface area (Å²) in [6, 6.07) is 19.8. The molecule has 1 heterocycles. The molecule has 0 aromatic heterocycles. The van der Waals surface area contributed by atoms with Crippen LogP contribution in [0.5, 0.6) is 0 Å². The highest BCUT2D eigenvalue weighted by atomic mass is 16.5. The third kappa shape index (κ3) is 3.95. The van der Waals surface area contributed by atoms with Crippen LogP contribution in [0, 0.1) is 0 Å². The molecule has 2 aromatic carbocycles. The molecule has 0 saturated heterocycles. The van der Waals surface area contributed by atoms with Crippen LogP contribution in [0.15, 0.2) is 84.1 Å². The van der Waals surface area contributed by atoms with Crippen LogP contribution >= 0.6 is 0 Å². The van der Waals surface area contributed by atoms with Crippen molar-refractivity contribution in [3.05, 3.63) is 95.2 Å². The molecular formula is C26H27NO3. The summed E-state index contributed by atoms with van der Waals surface area (Å²) in [5.74, 6) is -0.126. The lowest BCUT2D eigenvalue weighted by atomic mass is 9.86. The molecule has 0 N–H and O–H groups in total. The number of nitrogens with zero attached hydrogens (tertiary/aromatic N) is 1. The van der Waals surface area contributed by atoms with E-state index in [2.05, 4.69) is 30.0 Å². The van der Waals surface area contributed by atoms with Crippen LogP contribution in [0.4, 0.5) is 0 Å². The largest absolute Gasteiger partial charge is 0.455 e. The third-order valence-corrected chi connectivity index (χ3v) is 5.87. The minimum absolute atomic E-state index is 0.0710. The molecule has 0 bridgehead atoms. The van der Waals surface area contributed by atoms with Gasteiger partial charge in [0, 0.05) is 30.7 Å². The Balaban J connectivity index is 1.89. The molecule has 1 aliphatic carbocycles. The predicted molar refractivity (Wildman–Crippen MR) is 116 cm³/mol. The van der Waals surface area contributed by atoms with E-state index in [1.54, 1.807) is 0 Å². The Kier molecular flexibility index (Phi) is 5.84. The quantitative estimate of drug-likeness (QED) is 0.638. The fraction of sp³-hybridized carbons (Fsp3) is 0.308. The van der Waals surface area contributed by atoms with Gasteiger partial charge in [0.15, 0.2) is 11.9 Å². The van der Waals surface area contributed by atoms with Gasteiger partial charge in [0.2, 0.25) is 0 Å². The predicted octanol–water partition coefficient (Wildman–Crippen LogP) is 5.30. The maximum absolute atomic E-state index is 12.6. The van der Waals surface area contributed by atoms with E-state index in [0.29, 0.717) is 6.42 Å². The number of carbonyl (C=O) groups excluding carboxylic acids is 2. The lowest BCUT2D eigenvalue weighted by Crippen LogP contribution is -2.42. The molecule has 1 aliphatic heterocycles. The monoisotopic (exact) mass is 401 g/mol. The van der Waals surface area contributed by atoms with Gasteiger partial charge in [0.25, 0.3) is 0 Å². The van der Waals surface area contributed by atoms with Crippen molar-refractivity contribution in [3.8, 4) is 0 Å². The molecule has 30 heavy (non-hydrogen) atoms. The van der Waals surface area contributed by atoms with E-state index in [0.717, 1.165) is 35.2 Å². The summed E-state index contributed by atoms with van der Waals surface area (Å²) in [5, 5.41) is 0. The van der Waals surface area contributed by atoms with E-state index >= 15 is 0 Å². The minimum Gasteiger partial charge on any atom is -0.455 e. The van der Waals surface area contributed by atoms with Gasteiger partial charge in [-0.25, -0.2) is 0 Å². The van der Waals surface area contributed by atoms with Gasteiger partial charge in [-0.2, -0.15) is 0 Å². The highest BCUT2D eigenvalue weighted by Gasteiger charge is 2.39. The number of rotatable bonds is 5. The Hall–Kier alpha value is -3.14. The van der Waals surface area contributed by atoms with Crippen molar-refractivity contribution in [1.29, 1.82) is 0 Å². The van der Waals surface area contributed by atoms with Crippen molar-refractivity contribution in [3.63, 3.8) is 0 Å². The Bertz CT molecular complexity index is 978. The molecule has 4 nitrogen and oxygen atoms in total. The SMILES string of the molecule is CC(=O)O[C@H](c1ccccc1)[C@H](c1ccccc1)N1C2=C(C=C[C@@H]1C)C(=O)CCC2. The van der Waals surface area contributed by atoms with E-state index in [4.69, 9.17) is 4.74 Å². The number of ether oxygens (including phenoxy) is 1.